The number of nitrogens with zero attached hydrogens (tertiary/aromatic N) is 3. The Morgan fingerprint density at radius 1 is 1.04 bits per heavy atom. The first kappa shape index (κ1) is 16.3. The van der Waals surface area contributed by atoms with E-state index in [4.69, 9.17) is 0 Å². The number of hydrogen-bond donors (Lipinski definition) is 1. The molecule has 3 aromatic rings. The molecular formula is C20H20N4O2. The summed E-state index contributed by atoms with van der Waals surface area (Å²) in [6, 6.07) is 17.8. The molecule has 1 fully saturated rings. The van der Waals surface area contributed by atoms with Crippen LogP contribution in [0.25, 0.3) is 10.9 Å². The Labute approximate surface area is 151 Å². The van der Waals surface area contributed by atoms with Crippen molar-refractivity contribution in [3.63, 3.8) is 0 Å². The van der Waals surface area contributed by atoms with Crippen LogP contribution in [0.4, 0.5) is 17.1 Å². The number of rotatable bonds is 4. The standard InChI is InChI=1S/C20H20N4O2/c25-24(26)20-17-7-4-12-21-18(17)8-9-19(20)23-13-10-16(11-14-23)22-15-5-2-1-3-6-15/h1-9,12,16,22H,10-11,13-14H2. The Bertz CT molecular complexity index is 922. The molecule has 1 aliphatic rings. The zero-order valence-corrected chi connectivity index (χ0v) is 14.3. The molecule has 2 heterocycles. The van der Waals surface area contributed by atoms with Gasteiger partial charge in [-0.3, -0.25) is 15.1 Å². The van der Waals surface area contributed by atoms with Gasteiger partial charge in [0.1, 0.15) is 5.69 Å². The predicted molar refractivity (Wildman–Crippen MR) is 104 cm³/mol. The zero-order chi connectivity index (χ0) is 17.9. The number of para-hydroxylation sites is 1. The summed E-state index contributed by atoms with van der Waals surface area (Å²) in [5.41, 5.74) is 2.62. The number of nitrogens with one attached hydrogen (secondary N) is 1. The fraction of sp³-hybridized carbons (Fsp3) is 0.250. The van der Waals surface area contributed by atoms with Crippen molar-refractivity contribution in [2.24, 2.45) is 0 Å². The molecular weight excluding hydrogens is 328 g/mol. The van der Waals surface area contributed by atoms with Gasteiger partial charge in [-0.05, 0) is 49.2 Å². The lowest BCUT2D eigenvalue weighted by atomic mass is 10.0. The Kier molecular flexibility index (Phi) is 4.39. The maximum Gasteiger partial charge on any atom is 0.301 e. The van der Waals surface area contributed by atoms with E-state index in [0.717, 1.165) is 31.6 Å². The lowest BCUT2D eigenvalue weighted by molar-refractivity contribution is -0.382. The lowest BCUT2D eigenvalue weighted by Gasteiger charge is -2.34. The first-order valence-electron chi connectivity index (χ1n) is 8.81. The van der Waals surface area contributed by atoms with Gasteiger partial charge < -0.3 is 10.2 Å². The van der Waals surface area contributed by atoms with Crippen LogP contribution in [0.5, 0.6) is 0 Å². The van der Waals surface area contributed by atoms with Gasteiger partial charge in [0.15, 0.2) is 0 Å². The van der Waals surface area contributed by atoms with E-state index < -0.39 is 0 Å². The number of hydrogen-bond acceptors (Lipinski definition) is 5. The van der Waals surface area contributed by atoms with E-state index in [1.807, 2.05) is 30.3 Å². The summed E-state index contributed by atoms with van der Waals surface area (Å²) in [4.78, 5) is 17.8. The largest absolute Gasteiger partial charge is 0.382 e. The number of benzene rings is 2. The van der Waals surface area contributed by atoms with Crippen LogP contribution in [-0.2, 0) is 0 Å². The van der Waals surface area contributed by atoms with Crippen LogP contribution in [0.2, 0.25) is 0 Å². The summed E-state index contributed by atoms with van der Waals surface area (Å²) >= 11 is 0. The van der Waals surface area contributed by atoms with Crippen molar-refractivity contribution in [3.05, 3.63) is 70.9 Å². The molecule has 0 unspecified atom stereocenters. The average Bonchev–Trinajstić information content (AvgIpc) is 2.68. The number of pyridine rings is 1. The van der Waals surface area contributed by atoms with Gasteiger partial charge in [0.05, 0.1) is 15.8 Å². The van der Waals surface area contributed by atoms with E-state index in [0.29, 0.717) is 22.6 Å². The van der Waals surface area contributed by atoms with Crippen molar-refractivity contribution < 1.29 is 4.92 Å². The average molecular weight is 348 g/mol. The Balaban J connectivity index is 1.54. The highest BCUT2D eigenvalue weighted by Crippen LogP contribution is 2.36. The van der Waals surface area contributed by atoms with Crippen molar-refractivity contribution in [1.82, 2.24) is 4.98 Å². The molecule has 1 saturated heterocycles. The Morgan fingerprint density at radius 2 is 1.81 bits per heavy atom. The van der Waals surface area contributed by atoms with Gasteiger partial charge in [-0.1, -0.05) is 18.2 Å². The van der Waals surface area contributed by atoms with Crippen molar-refractivity contribution in [2.45, 2.75) is 18.9 Å². The predicted octanol–water partition coefficient (Wildman–Crippen LogP) is 4.22. The van der Waals surface area contributed by atoms with Crippen LogP contribution in [0.1, 0.15) is 12.8 Å². The summed E-state index contributed by atoms with van der Waals surface area (Å²) < 4.78 is 0. The van der Waals surface area contributed by atoms with Gasteiger partial charge in [-0.2, -0.15) is 0 Å². The van der Waals surface area contributed by atoms with Gasteiger partial charge in [-0.25, -0.2) is 0 Å². The van der Waals surface area contributed by atoms with Crippen LogP contribution in [-0.4, -0.2) is 29.0 Å². The van der Waals surface area contributed by atoms with E-state index >= 15 is 0 Å². The normalized spacial score (nSPS) is 15.2. The molecule has 2 aromatic carbocycles. The van der Waals surface area contributed by atoms with Crippen molar-refractivity contribution in [3.8, 4) is 0 Å². The molecule has 6 nitrogen and oxygen atoms in total. The third-order valence-corrected chi connectivity index (χ3v) is 4.90. The molecule has 1 aromatic heterocycles. The van der Waals surface area contributed by atoms with E-state index in [2.05, 4.69) is 27.3 Å². The molecule has 26 heavy (non-hydrogen) atoms. The fourth-order valence-electron chi connectivity index (χ4n) is 3.61. The molecule has 1 N–H and O–H groups in total. The van der Waals surface area contributed by atoms with Gasteiger partial charge >= 0.3 is 5.69 Å². The van der Waals surface area contributed by atoms with E-state index in [9.17, 15) is 10.1 Å². The summed E-state index contributed by atoms with van der Waals surface area (Å²) in [5.74, 6) is 0. The molecule has 0 amide bonds. The summed E-state index contributed by atoms with van der Waals surface area (Å²) in [7, 11) is 0. The number of fused-ring (bicyclic) bond motifs is 1. The van der Waals surface area contributed by atoms with Crippen molar-refractivity contribution in [2.75, 3.05) is 23.3 Å². The second-order valence-corrected chi connectivity index (χ2v) is 6.53. The minimum atomic E-state index is -0.284. The summed E-state index contributed by atoms with van der Waals surface area (Å²) in [6.07, 6.45) is 3.54. The minimum Gasteiger partial charge on any atom is -0.382 e. The fourth-order valence-corrected chi connectivity index (χ4v) is 3.61. The van der Waals surface area contributed by atoms with Gasteiger partial charge in [0.2, 0.25) is 0 Å². The molecule has 0 radical (unpaired) electrons. The second-order valence-electron chi connectivity index (χ2n) is 6.53. The third kappa shape index (κ3) is 3.18. The minimum absolute atomic E-state index is 0.157. The molecule has 6 heteroatoms. The number of aromatic nitrogens is 1. The van der Waals surface area contributed by atoms with Crippen molar-refractivity contribution in [1.29, 1.82) is 0 Å². The van der Waals surface area contributed by atoms with Crippen LogP contribution in [0.15, 0.2) is 60.8 Å². The topological polar surface area (TPSA) is 71.3 Å². The highest BCUT2D eigenvalue weighted by molar-refractivity contribution is 5.94. The van der Waals surface area contributed by atoms with Crippen LogP contribution in [0.3, 0.4) is 0 Å². The molecule has 4 rings (SSSR count). The first-order valence-corrected chi connectivity index (χ1v) is 8.81. The Morgan fingerprint density at radius 3 is 2.54 bits per heavy atom. The SMILES string of the molecule is O=[N+]([O-])c1c(N2CCC(Nc3ccccc3)CC2)ccc2ncccc12. The van der Waals surface area contributed by atoms with E-state index in [1.165, 1.54) is 0 Å². The van der Waals surface area contributed by atoms with Gasteiger partial charge in [0.25, 0.3) is 0 Å². The molecule has 0 aliphatic carbocycles. The number of anilines is 2. The molecule has 1 aliphatic heterocycles. The molecule has 0 atom stereocenters. The molecule has 0 bridgehead atoms. The zero-order valence-electron chi connectivity index (χ0n) is 14.3. The molecule has 0 saturated carbocycles. The third-order valence-electron chi connectivity index (χ3n) is 4.90. The maximum atomic E-state index is 11.7. The van der Waals surface area contributed by atoms with Crippen molar-refractivity contribution >= 4 is 28.0 Å². The van der Waals surface area contributed by atoms with Crippen LogP contribution in [0, 0.1) is 10.1 Å². The maximum absolute atomic E-state index is 11.7. The second kappa shape index (κ2) is 7.00. The number of piperidine rings is 1. The van der Waals surface area contributed by atoms with Crippen LogP contribution >= 0.6 is 0 Å². The van der Waals surface area contributed by atoms with E-state index in [1.54, 1.807) is 18.3 Å². The van der Waals surface area contributed by atoms with Crippen LogP contribution < -0.4 is 10.2 Å². The summed E-state index contributed by atoms with van der Waals surface area (Å²) in [6.45, 7) is 1.58. The highest BCUT2D eigenvalue weighted by Gasteiger charge is 2.26. The van der Waals surface area contributed by atoms with Gasteiger partial charge in [0, 0.05) is 31.0 Å². The summed E-state index contributed by atoms with van der Waals surface area (Å²) in [5, 5.41) is 15.9. The quantitative estimate of drug-likeness (QED) is 0.564. The van der Waals surface area contributed by atoms with E-state index in [-0.39, 0.29) is 10.6 Å². The number of nitro benzene ring substituents is 1. The monoisotopic (exact) mass is 348 g/mol. The number of nitro groups is 1. The lowest BCUT2D eigenvalue weighted by Crippen LogP contribution is -2.39. The molecule has 0 spiro atoms. The Hall–Kier alpha value is -3.15. The van der Waals surface area contributed by atoms with Gasteiger partial charge in [-0.15, -0.1) is 0 Å². The highest BCUT2D eigenvalue weighted by atomic mass is 16.6. The smallest absolute Gasteiger partial charge is 0.301 e. The first-order chi connectivity index (χ1) is 12.7. The molecule has 132 valence electrons.